The Morgan fingerprint density at radius 2 is 0.398 bits per heavy atom. The fourth-order valence-electron chi connectivity index (χ4n) is 12.0. The van der Waals surface area contributed by atoms with E-state index in [1.54, 1.807) is 0 Å². The van der Waals surface area contributed by atoms with E-state index < -0.39 is 6.10 Å². The van der Waals surface area contributed by atoms with Crippen molar-refractivity contribution in [2.75, 3.05) is 13.2 Å². The summed E-state index contributed by atoms with van der Waals surface area (Å²) in [6.07, 6.45) is 88.4. The van der Waals surface area contributed by atoms with Crippen LogP contribution < -0.4 is 0 Å². The zero-order valence-corrected chi connectivity index (χ0v) is 56.8. The van der Waals surface area contributed by atoms with E-state index in [2.05, 4.69) is 32.9 Å². The van der Waals surface area contributed by atoms with E-state index in [0.717, 1.165) is 57.8 Å². The lowest BCUT2D eigenvalue weighted by Gasteiger charge is -2.18. The molecule has 0 saturated carbocycles. The maximum atomic E-state index is 13.0. The van der Waals surface area contributed by atoms with E-state index in [0.29, 0.717) is 19.3 Å². The summed E-state index contributed by atoms with van der Waals surface area (Å²) in [7, 11) is 0. The first kappa shape index (κ1) is 81.2. The molecule has 0 aliphatic rings. The molecule has 492 valence electrons. The molecular weight excluding hydrogens is 1020 g/mol. The second-order valence-corrected chi connectivity index (χ2v) is 26.3. The van der Waals surface area contributed by atoms with Crippen molar-refractivity contribution in [2.45, 2.75) is 451 Å². The molecule has 0 aliphatic heterocycles. The van der Waals surface area contributed by atoms with Gasteiger partial charge in [0.1, 0.15) is 13.2 Å². The second-order valence-electron chi connectivity index (χ2n) is 26.3. The number of hydrogen-bond donors (Lipinski definition) is 0. The van der Waals surface area contributed by atoms with Gasteiger partial charge in [0, 0.05) is 19.3 Å². The van der Waals surface area contributed by atoms with Crippen molar-refractivity contribution in [3.8, 4) is 0 Å². The lowest BCUT2D eigenvalue weighted by Crippen LogP contribution is -2.30. The predicted molar refractivity (Wildman–Crippen MR) is 363 cm³/mol. The van der Waals surface area contributed by atoms with Gasteiger partial charge in [-0.3, -0.25) is 14.4 Å². The first-order valence-corrected chi connectivity index (χ1v) is 38.2. The van der Waals surface area contributed by atoms with Crippen LogP contribution in [0.2, 0.25) is 0 Å². The molecule has 1 unspecified atom stereocenters. The highest BCUT2D eigenvalue weighted by molar-refractivity contribution is 5.71. The maximum Gasteiger partial charge on any atom is 0.306 e. The van der Waals surface area contributed by atoms with Gasteiger partial charge in [-0.05, 0) is 44.9 Å². The maximum absolute atomic E-state index is 13.0. The highest BCUT2D eigenvalue weighted by Crippen LogP contribution is 2.20. The van der Waals surface area contributed by atoms with E-state index in [1.807, 2.05) is 0 Å². The van der Waals surface area contributed by atoms with Crippen LogP contribution in [0, 0.1) is 0 Å². The van der Waals surface area contributed by atoms with Crippen LogP contribution in [0.15, 0.2) is 12.2 Å². The number of allylic oxidation sites excluding steroid dienone is 2. The zero-order chi connectivity index (χ0) is 59.9. The molecular formula is C77H148O6. The van der Waals surface area contributed by atoms with Crippen LogP contribution in [0.4, 0.5) is 0 Å². The third kappa shape index (κ3) is 70.8. The quantitative estimate of drug-likeness (QED) is 0.0261. The Morgan fingerprint density at radius 1 is 0.229 bits per heavy atom. The van der Waals surface area contributed by atoms with Crippen molar-refractivity contribution >= 4 is 17.9 Å². The van der Waals surface area contributed by atoms with Crippen molar-refractivity contribution in [1.82, 2.24) is 0 Å². The average molecular weight is 1170 g/mol. The first-order chi connectivity index (χ1) is 41.0. The molecule has 0 aromatic carbocycles. The fraction of sp³-hybridized carbons (Fsp3) is 0.935. The van der Waals surface area contributed by atoms with Gasteiger partial charge < -0.3 is 14.2 Å². The summed E-state index contributed by atoms with van der Waals surface area (Å²) >= 11 is 0. The Morgan fingerprint density at radius 3 is 0.602 bits per heavy atom. The highest BCUT2D eigenvalue weighted by atomic mass is 16.6. The summed E-state index contributed by atoms with van der Waals surface area (Å²) < 4.78 is 17.0. The summed E-state index contributed by atoms with van der Waals surface area (Å²) in [5, 5.41) is 0. The molecule has 0 saturated heterocycles. The SMILES string of the molecule is CCCCCCCC/C=C\CCCCCCCCCC(=O)OC(COC(=O)CCCCCCCCCCCCCCCCCC)COC(=O)CCCCCCCCCCCCCCCCCCCCCCCCCCCCCCCCCC. The Balaban J connectivity index is 4.13. The molecule has 0 rings (SSSR count). The number of rotatable bonds is 72. The van der Waals surface area contributed by atoms with Crippen molar-refractivity contribution < 1.29 is 28.6 Å². The van der Waals surface area contributed by atoms with Gasteiger partial charge in [-0.2, -0.15) is 0 Å². The number of esters is 3. The van der Waals surface area contributed by atoms with E-state index in [9.17, 15) is 14.4 Å². The molecule has 0 amide bonds. The molecule has 0 aliphatic carbocycles. The van der Waals surface area contributed by atoms with Gasteiger partial charge in [0.05, 0.1) is 0 Å². The summed E-state index contributed by atoms with van der Waals surface area (Å²) in [4.78, 5) is 38.5. The van der Waals surface area contributed by atoms with Crippen molar-refractivity contribution in [3.05, 3.63) is 12.2 Å². The zero-order valence-electron chi connectivity index (χ0n) is 56.8. The van der Waals surface area contributed by atoms with Crippen molar-refractivity contribution in [2.24, 2.45) is 0 Å². The molecule has 0 fully saturated rings. The number of hydrogen-bond acceptors (Lipinski definition) is 6. The molecule has 0 N–H and O–H groups in total. The second kappa shape index (κ2) is 72.6. The minimum Gasteiger partial charge on any atom is -0.462 e. The van der Waals surface area contributed by atoms with E-state index in [-0.39, 0.29) is 31.1 Å². The molecule has 1 atom stereocenters. The largest absolute Gasteiger partial charge is 0.462 e. The molecule has 6 heteroatoms. The van der Waals surface area contributed by atoms with Crippen LogP contribution in [0.1, 0.15) is 445 Å². The Bertz CT molecular complexity index is 1300. The predicted octanol–water partition coefficient (Wildman–Crippen LogP) is 26.3. The topological polar surface area (TPSA) is 78.9 Å². The highest BCUT2D eigenvalue weighted by Gasteiger charge is 2.20. The van der Waals surface area contributed by atoms with Crippen LogP contribution >= 0.6 is 0 Å². The first-order valence-electron chi connectivity index (χ1n) is 38.2. The average Bonchev–Trinajstić information content (AvgIpc) is 3.49. The fourth-order valence-corrected chi connectivity index (χ4v) is 12.0. The van der Waals surface area contributed by atoms with E-state index in [4.69, 9.17) is 14.2 Å². The van der Waals surface area contributed by atoms with Crippen molar-refractivity contribution in [3.63, 3.8) is 0 Å². The lowest BCUT2D eigenvalue weighted by molar-refractivity contribution is -0.167. The third-order valence-corrected chi connectivity index (χ3v) is 17.8. The smallest absolute Gasteiger partial charge is 0.306 e. The van der Waals surface area contributed by atoms with Crippen molar-refractivity contribution in [1.29, 1.82) is 0 Å². The minimum absolute atomic E-state index is 0.0647. The normalized spacial score (nSPS) is 12.0. The molecule has 0 aromatic heterocycles. The third-order valence-electron chi connectivity index (χ3n) is 17.8. The molecule has 83 heavy (non-hydrogen) atoms. The Labute approximate surface area is 520 Å². The molecule has 0 spiro atoms. The molecule has 0 bridgehead atoms. The summed E-state index contributed by atoms with van der Waals surface area (Å²) in [6.45, 7) is 6.73. The number of carbonyl (C=O) groups is 3. The van der Waals surface area contributed by atoms with Gasteiger partial charge in [-0.1, -0.05) is 392 Å². The van der Waals surface area contributed by atoms with Crippen LogP contribution in [-0.4, -0.2) is 37.2 Å². The van der Waals surface area contributed by atoms with Crippen LogP contribution in [0.3, 0.4) is 0 Å². The monoisotopic (exact) mass is 1170 g/mol. The summed E-state index contributed by atoms with van der Waals surface area (Å²) in [5.41, 5.74) is 0. The van der Waals surface area contributed by atoms with Crippen LogP contribution in [0.25, 0.3) is 0 Å². The number of carbonyl (C=O) groups excluding carboxylic acids is 3. The number of ether oxygens (including phenoxy) is 3. The van der Waals surface area contributed by atoms with Gasteiger partial charge in [0.15, 0.2) is 6.10 Å². The Kier molecular flexibility index (Phi) is 71.0. The molecule has 6 nitrogen and oxygen atoms in total. The van der Waals surface area contributed by atoms with Crippen LogP contribution in [0.5, 0.6) is 0 Å². The number of unbranched alkanes of at least 4 members (excludes halogenated alkanes) is 59. The minimum atomic E-state index is -0.769. The summed E-state index contributed by atoms with van der Waals surface area (Å²) in [5.74, 6) is -0.831. The van der Waals surface area contributed by atoms with E-state index in [1.165, 1.54) is 347 Å². The summed E-state index contributed by atoms with van der Waals surface area (Å²) in [6, 6.07) is 0. The molecule has 0 aromatic rings. The van der Waals surface area contributed by atoms with Gasteiger partial charge in [0.2, 0.25) is 0 Å². The standard InChI is InChI=1S/C77H148O6/c1-4-7-10-13-16-19-22-25-28-31-32-33-34-35-36-37-38-39-40-41-42-43-44-45-47-49-52-55-58-61-64-67-70-76(79)82-73-74(72-81-75(78)69-66-63-60-57-54-51-48-30-27-24-21-18-15-12-9-6-3)83-77(80)71-68-65-62-59-56-53-50-46-29-26-23-20-17-14-11-8-5-2/h26,29,74H,4-25,27-28,30-73H2,1-3H3/b29-26-. The van der Waals surface area contributed by atoms with Gasteiger partial charge in [-0.15, -0.1) is 0 Å². The van der Waals surface area contributed by atoms with Gasteiger partial charge >= 0.3 is 17.9 Å². The lowest BCUT2D eigenvalue weighted by atomic mass is 10.0. The Hall–Kier alpha value is -1.85. The molecule has 0 heterocycles. The van der Waals surface area contributed by atoms with Gasteiger partial charge in [0.25, 0.3) is 0 Å². The molecule has 0 radical (unpaired) electrons. The van der Waals surface area contributed by atoms with Gasteiger partial charge in [-0.25, -0.2) is 0 Å². The van der Waals surface area contributed by atoms with Crippen LogP contribution in [-0.2, 0) is 28.6 Å². The van der Waals surface area contributed by atoms with E-state index >= 15 is 0 Å².